The fourth-order valence-corrected chi connectivity index (χ4v) is 7.52. The van der Waals surface area contributed by atoms with E-state index in [0.29, 0.717) is 70.0 Å². The Morgan fingerprint density at radius 3 is 1.33 bits per heavy atom. The summed E-state index contributed by atoms with van der Waals surface area (Å²) in [6, 6.07) is 8.00. The number of imidazole rings is 2. The zero-order chi connectivity index (χ0) is 47.9. The van der Waals surface area contributed by atoms with Crippen LogP contribution < -0.4 is 20.1 Å². The van der Waals surface area contributed by atoms with E-state index in [-0.39, 0.29) is 38.0 Å². The molecule has 6 rings (SSSR count). The zero-order valence-corrected chi connectivity index (χ0v) is 41.9. The SMILES string of the molecule is C#C.CC.CCC.CCC.CCCN(Cc1nc(-c2cc3c4c(c2)OCc2cc(-c5nc(CN(CCC)C(=O)CNC(=O)OC)[nH]c5Br)cc(c2-4)OC3)c(Br)[nH]1)C(=O)CNC(=O)OC. The average Bonchev–Trinajstić information content (AvgIpc) is 3.87. The Bertz CT molecular complexity index is 1970. The Labute approximate surface area is 394 Å². The molecular weight excluding hydrogens is 952 g/mol. The molecule has 2 aromatic carbocycles. The van der Waals surface area contributed by atoms with Gasteiger partial charge in [-0.15, -0.1) is 12.8 Å². The van der Waals surface area contributed by atoms with Crippen LogP contribution >= 0.6 is 31.9 Å². The van der Waals surface area contributed by atoms with Gasteiger partial charge < -0.3 is 49.3 Å². The number of amides is 4. The fraction of sp³-hybridized carbons (Fsp3) is 0.478. The number of carbonyl (C=O) groups excluding carboxylic acids is 4. The highest BCUT2D eigenvalue weighted by molar-refractivity contribution is 9.10. The summed E-state index contributed by atoms with van der Waals surface area (Å²) in [5, 5.41) is 4.88. The molecule has 0 saturated heterocycles. The van der Waals surface area contributed by atoms with Gasteiger partial charge in [-0.2, -0.15) is 0 Å². The number of H-pyrrole nitrogens is 2. The number of rotatable bonds is 14. The Kier molecular flexibility index (Phi) is 24.1. The van der Waals surface area contributed by atoms with Crippen molar-refractivity contribution in [1.82, 2.24) is 40.4 Å². The molecule has 0 bridgehead atoms. The monoisotopic (exact) mass is 1010 g/mol. The third-order valence-corrected chi connectivity index (χ3v) is 10.0. The number of hydrogen-bond acceptors (Lipinski definition) is 10. The molecule has 4 aromatic rings. The molecule has 0 unspecified atom stereocenters. The van der Waals surface area contributed by atoms with Gasteiger partial charge in [0.1, 0.15) is 70.0 Å². The molecule has 2 aliphatic rings. The normalized spacial score (nSPS) is 11.0. The van der Waals surface area contributed by atoms with Crippen LogP contribution in [0.1, 0.15) is 104 Å². The minimum Gasteiger partial charge on any atom is -0.488 e. The Balaban J connectivity index is 0.00000130. The molecule has 350 valence electrons. The van der Waals surface area contributed by atoms with Gasteiger partial charge in [0.05, 0.1) is 27.3 Å². The second-order valence-corrected chi connectivity index (χ2v) is 15.6. The van der Waals surface area contributed by atoms with Gasteiger partial charge in [-0.05, 0) is 69.0 Å². The van der Waals surface area contributed by atoms with Crippen molar-refractivity contribution in [2.45, 2.75) is 107 Å². The minimum absolute atomic E-state index is 0.184. The van der Waals surface area contributed by atoms with E-state index in [9.17, 15) is 19.2 Å². The van der Waals surface area contributed by atoms with E-state index in [1.54, 1.807) is 9.80 Å². The van der Waals surface area contributed by atoms with E-state index in [1.807, 2.05) is 52.0 Å². The molecule has 0 atom stereocenters. The van der Waals surface area contributed by atoms with Crippen LogP contribution in [0.25, 0.3) is 33.6 Å². The number of methoxy groups -OCH3 is 2. The highest BCUT2D eigenvalue weighted by Crippen LogP contribution is 2.51. The summed E-state index contributed by atoms with van der Waals surface area (Å²) in [5.74, 6) is 2.07. The van der Waals surface area contributed by atoms with Crippen molar-refractivity contribution in [2.75, 3.05) is 40.4 Å². The van der Waals surface area contributed by atoms with Gasteiger partial charge in [0.2, 0.25) is 11.8 Å². The summed E-state index contributed by atoms with van der Waals surface area (Å²) in [7, 11) is 2.49. The number of terminal acetylenes is 1. The lowest BCUT2D eigenvalue weighted by Crippen LogP contribution is -2.40. The summed E-state index contributed by atoms with van der Waals surface area (Å²) in [6.07, 6.45) is 10.6. The lowest BCUT2D eigenvalue weighted by Gasteiger charge is -2.30. The summed E-state index contributed by atoms with van der Waals surface area (Å²) in [6.45, 7) is 18.1. The summed E-state index contributed by atoms with van der Waals surface area (Å²) < 4.78 is 23.2. The van der Waals surface area contributed by atoms with Crippen molar-refractivity contribution in [1.29, 1.82) is 0 Å². The maximum Gasteiger partial charge on any atom is 0.407 e. The number of halogens is 2. The highest BCUT2D eigenvalue weighted by Gasteiger charge is 2.31. The molecule has 0 aliphatic carbocycles. The number of alkyl carbamates (subject to hydrolysis) is 2. The van der Waals surface area contributed by atoms with Gasteiger partial charge in [-0.1, -0.05) is 68.2 Å². The third kappa shape index (κ3) is 14.8. The number of ether oxygens (including phenoxy) is 4. The second kappa shape index (κ2) is 28.3. The van der Waals surface area contributed by atoms with Crippen molar-refractivity contribution < 1.29 is 38.1 Å². The molecule has 2 aromatic heterocycles. The predicted octanol–water partition coefficient (Wildman–Crippen LogP) is 9.74. The van der Waals surface area contributed by atoms with Crippen LogP contribution in [0.2, 0.25) is 0 Å². The number of benzene rings is 2. The Hall–Kier alpha value is -5.54. The van der Waals surface area contributed by atoms with E-state index < -0.39 is 12.2 Å². The van der Waals surface area contributed by atoms with Gasteiger partial charge in [0.25, 0.3) is 0 Å². The van der Waals surface area contributed by atoms with E-state index in [2.05, 4.69) is 102 Å². The zero-order valence-electron chi connectivity index (χ0n) is 38.8. The van der Waals surface area contributed by atoms with E-state index in [1.165, 1.54) is 27.1 Å². The van der Waals surface area contributed by atoms with Crippen LogP contribution in [0.15, 0.2) is 33.5 Å². The van der Waals surface area contributed by atoms with E-state index in [0.717, 1.165) is 46.2 Å². The molecule has 2 aliphatic heterocycles. The number of nitrogens with one attached hydrogen (secondary N) is 4. The molecule has 0 spiro atoms. The lowest BCUT2D eigenvalue weighted by molar-refractivity contribution is -0.131. The first kappa shape index (κ1) is 54.6. The summed E-state index contributed by atoms with van der Waals surface area (Å²) in [4.78, 5) is 68.1. The van der Waals surface area contributed by atoms with Crippen LogP contribution in [0.5, 0.6) is 11.5 Å². The molecule has 64 heavy (non-hydrogen) atoms. The molecule has 0 fully saturated rings. The number of hydrogen-bond donors (Lipinski definition) is 4. The summed E-state index contributed by atoms with van der Waals surface area (Å²) in [5.41, 5.74) is 6.78. The van der Waals surface area contributed by atoms with Gasteiger partial charge >= 0.3 is 12.2 Å². The van der Waals surface area contributed by atoms with E-state index in [4.69, 9.17) is 19.4 Å². The van der Waals surface area contributed by atoms with Crippen molar-refractivity contribution >= 4 is 55.9 Å². The average molecular weight is 1020 g/mol. The molecule has 4 amide bonds. The Morgan fingerprint density at radius 2 is 1.02 bits per heavy atom. The maximum absolute atomic E-state index is 12.9. The van der Waals surface area contributed by atoms with Crippen LogP contribution in [-0.4, -0.2) is 94.1 Å². The number of aromatic nitrogens is 4. The molecular formula is C46H64Br2N8O8. The van der Waals surface area contributed by atoms with Crippen molar-refractivity contribution in [3.8, 4) is 58.0 Å². The standard InChI is InChI=1S/C36H40Br2N8O8.2C3H8.C2H6.C2H2/c1-5-7-45(27(47)13-39-35(49)51-3)15-25-41-31(33(37)43-25)19-9-21-17-54-24-12-20(10-22-18-53-23(11-19)29(21)30(22)24)32-34(38)44-26(42-32)16-46(8-6-2)28(48)14-40-36(50)52-4;2*1-3-2;2*1-2/h9-12H,5-8,13-18H2,1-4H3,(H,39,49)(H,40,50)(H,41,43)(H,42,44);2*3H2,1-2H3;1-2H3;1-2H. The highest BCUT2D eigenvalue weighted by atomic mass is 79.9. The molecule has 0 radical (unpaired) electrons. The van der Waals surface area contributed by atoms with Gasteiger partial charge in [0, 0.05) is 46.5 Å². The molecule has 16 nitrogen and oxygen atoms in total. The molecule has 4 heterocycles. The van der Waals surface area contributed by atoms with Gasteiger partial charge in [-0.3, -0.25) is 9.59 Å². The maximum atomic E-state index is 12.9. The first-order valence-electron chi connectivity index (χ1n) is 21.5. The topological polar surface area (TPSA) is 193 Å². The van der Waals surface area contributed by atoms with Crippen molar-refractivity contribution in [3.63, 3.8) is 0 Å². The van der Waals surface area contributed by atoms with Crippen LogP contribution in [-0.2, 0) is 45.4 Å². The quantitative estimate of drug-likeness (QED) is 0.0884. The number of nitrogens with zero attached hydrogens (tertiary/aromatic N) is 4. The van der Waals surface area contributed by atoms with Crippen molar-refractivity contribution in [2.24, 2.45) is 0 Å². The molecule has 0 saturated carbocycles. The largest absolute Gasteiger partial charge is 0.488 e. The van der Waals surface area contributed by atoms with Gasteiger partial charge in [-0.25, -0.2) is 19.6 Å². The first-order valence-corrected chi connectivity index (χ1v) is 23.1. The van der Waals surface area contributed by atoms with E-state index >= 15 is 0 Å². The fourth-order valence-electron chi connectivity index (χ4n) is 6.43. The van der Waals surface area contributed by atoms with Crippen LogP contribution in [0.3, 0.4) is 0 Å². The smallest absolute Gasteiger partial charge is 0.407 e. The number of aromatic amines is 2. The lowest BCUT2D eigenvalue weighted by atomic mass is 9.87. The first-order chi connectivity index (χ1) is 30.9. The number of carbonyl (C=O) groups is 4. The predicted molar refractivity (Wildman–Crippen MR) is 257 cm³/mol. The second-order valence-electron chi connectivity index (χ2n) is 14.0. The van der Waals surface area contributed by atoms with Crippen LogP contribution in [0, 0.1) is 12.8 Å². The van der Waals surface area contributed by atoms with Crippen molar-refractivity contribution in [3.05, 3.63) is 56.2 Å². The Morgan fingerprint density at radius 1 is 0.672 bits per heavy atom. The molecule has 4 N–H and O–H groups in total. The molecule has 18 heteroatoms. The van der Waals surface area contributed by atoms with Gasteiger partial charge in [0.15, 0.2) is 0 Å². The summed E-state index contributed by atoms with van der Waals surface area (Å²) >= 11 is 7.24. The third-order valence-electron chi connectivity index (χ3n) is 8.86. The van der Waals surface area contributed by atoms with Crippen LogP contribution in [0.4, 0.5) is 9.59 Å². The minimum atomic E-state index is -0.672.